The van der Waals surface area contributed by atoms with Crippen LogP contribution < -0.4 is 4.74 Å². The van der Waals surface area contributed by atoms with E-state index in [1.807, 2.05) is 26.0 Å². The molecule has 2 aliphatic rings. The van der Waals surface area contributed by atoms with E-state index >= 15 is 0 Å². The number of nitrogens with zero attached hydrogens (tertiary/aromatic N) is 3. The highest BCUT2D eigenvalue weighted by Crippen LogP contribution is 2.40. The molecule has 0 aliphatic heterocycles. The highest BCUT2D eigenvalue weighted by Gasteiger charge is 2.28. The molecule has 2 saturated carbocycles. The second kappa shape index (κ2) is 8.41. The van der Waals surface area contributed by atoms with Crippen molar-refractivity contribution in [1.82, 2.24) is 15.1 Å². The van der Waals surface area contributed by atoms with Gasteiger partial charge >= 0.3 is 0 Å². The summed E-state index contributed by atoms with van der Waals surface area (Å²) in [6.07, 6.45) is 8.34. The summed E-state index contributed by atoms with van der Waals surface area (Å²) in [5.41, 5.74) is 1.49. The second-order valence-corrected chi connectivity index (χ2v) is 8.44. The van der Waals surface area contributed by atoms with E-state index in [-0.39, 0.29) is 11.7 Å². The van der Waals surface area contributed by atoms with Crippen LogP contribution in [0.4, 0.5) is 0 Å². The molecule has 6 nitrogen and oxygen atoms in total. The topological polar surface area (TPSA) is 78.1 Å². The Labute approximate surface area is 166 Å². The molecule has 1 atom stereocenters. The average Bonchev–Trinajstić information content (AvgIpc) is 3.61. The van der Waals surface area contributed by atoms with Gasteiger partial charge in [-0.25, -0.2) is 4.98 Å². The smallest absolute Gasteiger partial charge is 0.223 e. The van der Waals surface area contributed by atoms with Crippen LogP contribution in [0.5, 0.6) is 5.88 Å². The maximum atomic E-state index is 12.6. The number of carbonyl (C=O) groups is 1. The number of aryl methyl sites for hydroxylation is 2. The molecule has 28 heavy (non-hydrogen) atoms. The molecule has 0 aromatic carbocycles. The summed E-state index contributed by atoms with van der Waals surface area (Å²) < 4.78 is 11.0. The van der Waals surface area contributed by atoms with Crippen LogP contribution in [-0.2, 0) is 0 Å². The lowest BCUT2D eigenvalue weighted by atomic mass is 9.94. The quantitative estimate of drug-likeness (QED) is 0.518. The summed E-state index contributed by atoms with van der Waals surface area (Å²) in [4.78, 5) is 21.5. The zero-order valence-electron chi connectivity index (χ0n) is 16.8. The van der Waals surface area contributed by atoms with Crippen LogP contribution in [0.25, 0.3) is 0 Å². The molecule has 2 aromatic heterocycles. The van der Waals surface area contributed by atoms with Crippen molar-refractivity contribution in [3.63, 3.8) is 0 Å². The summed E-state index contributed by atoms with van der Waals surface area (Å²) in [5.74, 6) is 3.80. The first-order valence-corrected chi connectivity index (χ1v) is 10.5. The van der Waals surface area contributed by atoms with Crippen LogP contribution in [0.15, 0.2) is 16.7 Å². The molecule has 0 bridgehead atoms. The Morgan fingerprint density at radius 3 is 2.64 bits per heavy atom. The zero-order valence-corrected chi connectivity index (χ0v) is 16.8. The number of Topliss-reactive ketones (excluding diaryl/α,β-unsaturated/α-hetero) is 1. The lowest BCUT2D eigenvalue weighted by Crippen LogP contribution is -2.08. The third-order valence-corrected chi connectivity index (χ3v) is 5.67. The maximum Gasteiger partial charge on any atom is 0.223 e. The normalized spacial score (nSPS) is 17.5. The van der Waals surface area contributed by atoms with E-state index in [0.29, 0.717) is 36.4 Å². The SMILES string of the molecule is Cc1nc(C(CCCC(=O)c2ccc(C)c(OCC3CC3)n2)CC2CC2)no1. The molecule has 0 N–H and O–H groups in total. The molecule has 6 heteroatoms. The van der Waals surface area contributed by atoms with Crippen molar-refractivity contribution >= 4 is 5.78 Å². The Kier molecular flexibility index (Phi) is 5.74. The van der Waals surface area contributed by atoms with E-state index in [4.69, 9.17) is 9.26 Å². The fourth-order valence-corrected chi connectivity index (χ4v) is 3.52. The van der Waals surface area contributed by atoms with Crippen LogP contribution >= 0.6 is 0 Å². The number of ether oxygens (including phenoxy) is 1. The highest BCUT2D eigenvalue weighted by atomic mass is 16.5. The minimum Gasteiger partial charge on any atom is -0.477 e. The van der Waals surface area contributed by atoms with E-state index < -0.39 is 0 Å². The van der Waals surface area contributed by atoms with Gasteiger partial charge < -0.3 is 9.26 Å². The molecular weight excluding hydrogens is 354 g/mol. The first-order valence-electron chi connectivity index (χ1n) is 10.5. The Balaban J connectivity index is 1.31. The second-order valence-electron chi connectivity index (χ2n) is 8.44. The van der Waals surface area contributed by atoms with Crippen molar-refractivity contribution in [3.05, 3.63) is 35.1 Å². The molecule has 2 fully saturated rings. The summed E-state index contributed by atoms with van der Waals surface area (Å²) >= 11 is 0. The number of carbonyl (C=O) groups excluding carboxylic acids is 1. The molecule has 2 aromatic rings. The summed E-state index contributed by atoms with van der Waals surface area (Å²) in [6.45, 7) is 4.50. The van der Waals surface area contributed by atoms with E-state index in [1.165, 1.54) is 25.7 Å². The van der Waals surface area contributed by atoms with Crippen LogP contribution in [0.3, 0.4) is 0 Å². The number of hydrogen-bond acceptors (Lipinski definition) is 6. The molecule has 0 radical (unpaired) electrons. The van der Waals surface area contributed by atoms with Crippen LogP contribution in [0, 0.1) is 25.7 Å². The Morgan fingerprint density at radius 1 is 1.18 bits per heavy atom. The zero-order chi connectivity index (χ0) is 19.5. The Morgan fingerprint density at radius 2 is 1.96 bits per heavy atom. The summed E-state index contributed by atoms with van der Waals surface area (Å²) in [5, 5.41) is 4.11. The van der Waals surface area contributed by atoms with Gasteiger partial charge in [-0.1, -0.05) is 24.1 Å². The van der Waals surface area contributed by atoms with Gasteiger partial charge in [-0.05, 0) is 56.9 Å². The Bertz CT molecular complexity index is 824. The monoisotopic (exact) mass is 383 g/mol. The van der Waals surface area contributed by atoms with Gasteiger partial charge in [0.25, 0.3) is 0 Å². The van der Waals surface area contributed by atoms with E-state index in [0.717, 1.165) is 36.6 Å². The largest absolute Gasteiger partial charge is 0.477 e. The minimum absolute atomic E-state index is 0.0748. The first kappa shape index (κ1) is 19.1. The van der Waals surface area contributed by atoms with Crippen molar-refractivity contribution < 1.29 is 14.1 Å². The summed E-state index contributed by atoms with van der Waals surface area (Å²) in [7, 11) is 0. The number of ketones is 1. The van der Waals surface area contributed by atoms with Gasteiger partial charge in [-0.3, -0.25) is 4.79 Å². The van der Waals surface area contributed by atoms with Crippen LogP contribution in [0.2, 0.25) is 0 Å². The van der Waals surface area contributed by atoms with Gasteiger partial charge in [0.2, 0.25) is 11.8 Å². The third-order valence-electron chi connectivity index (χ3n) is 5.67. The lowest BCUT2D eigenvalue weighted by molar-refractivity contribution is 0.0972. The van der Waals surface area contributed by atoms with E-state index in [1.54, 1.807) is 0 Å². The predicted octanol–water partition coefficient (Wildman–Crippen LogP) is 4.81. The van der Waals surface area contributed by atoms with Crippen LogP contribution in [-0.4, -0.2) is 27.5 Å². The average molecular weight is 383 g/mol. The van der Waals surface area contributed by atoms with Crippen molar-refractivity contribution in [1.29, 1.82) is 0 Å². The third kappa shape index (κ3) is 5.18. The molecule has 4 rings (SSSR count). The fraction of sp³-hybridized carbons (Fsp3) is 0.636. The molecule has 1 unspecified atom stereocenters. The molecule has 0 spiro atoms. The van der Waals surface area contributed by atoms with Crippen molar-refractivity contribution in [2.45, 2.75) is 71.1 Å². The number of pyridine rings is 1. The first-order chi connectivity index (χ1) is 13.6. The molecule has 2 aliphatic carbocycles. The molecule has 0 amide bonds. The number of aromatic nitrogens is 3. The van der Waals surface area contributed by atoms with Crippen molar-refractivity contribution in [2.24, 2.45) is 11.8 Å². The number of hydrogen-bond donors (Lipinski definition) is 0. The van der Waals surface area contributed by atoms with Gasteiger partial charge in [0, 0.05) is 24.8 Å². The van der Waals surface area contributed by atoms with Gasteiger partial charge in [-0.15, -0.1) is 0 Å². The van der Waals surface area contributed by atoms with Crippen molar-refractivity contribution in [3.8, 4) is 5.88 Å². The Hall–Kier alpha value is -2.24. The molecule has 2 heterocycles. The van der Waals surface area contributed by atoms with E-state index in [9.17, 15) is 4.79 Å². The lowest BCUT2D eigenvalue weighted by Gasteiger charge is -2.12. The van der Waals surface area contributed by atoms with Gasteiger partial charge in [0.1, 0.15) is 5.69 Å². The molecule has 150 valence electrons. The fourth-order valence-electron chi connectivity index (χ4n) is 3.52. The molecular formula is C22H29N3O3. The van der Waals surface area contributed by atoms with Gasteiger partial charge in [0.15, 0.2) is 11.6 Å². The highest BCUT2D eigenvalue weighted by molar-refractivity contribution is 5.94. The van der Waals surface area contributed by atoms with Crippen LogP contribution in [0.1, 0.15) is 85.1 Å². The standard InChI is InChI=1S/C22H29N3O3/c1-14-6-11-19(24-22(14)27-13-17-9-10-17)20(26)5-3-4-18(12-16-7-8-16)21-23-15(2)28-25-21/h6,11,16-18H,3-5,7-10,12-13H2,1-2H3. The predicted molar refractivity (Wildman–Crippen MR) is 104 cm³/mol. The maximum absolute atomic E-state index is 12.6. The van der Waals surface area contributed by atoms with Crippen molar-refractivity contribution in [2.75, 3.05) is 6.61 Å². The number of rotatable bonds is 11. The molecule has 0 saturated heterocycles. The summed E-state index contributed by atoms with van der Waals surface area (Å²) in [6, 6.07) is 3.74. The van der Waals surface area contributed by atoms with Gasteiger partial charge in [0.05, 0.1) is 6.61 Å². The van der Waals surface area contributed by atoms with Gasteiger partial charge in [-0.2, -0.15) is 4.98 Å². The minimum atomic E-state index is 0.0748. The van der Waals surface area contributed by atoms with E-state index in [2.05, 4.69) is 15.1 Å².